The molecule has 1 nitrogen and oxygen atoms in total. The second-order valence-corrected chi connectivity index (χ2v) is 7.03. The topological polar surface area (TPSA) is 9.23 Å². The Morgan fingerprint density at radius 1 is 1.50 bits per heavy atom. The molecule has 1 atom stereocenters. The fourth-order valence-electron chi connectivity index (χ4n) is 1.60. The molecule has 0 aliphatic carbocycles. The van der Waals surface area contributed by atoms with Crippen LogP contribution in [-0.4, -0.2) is 27.8 Å². The molecule has 0 saturated carbocycles. The quantitative estimate of drug-likeness (QED) is 0.686. The third-order valence-electron chi connectivity index (χ3n) is 2.78. The first-order chi connectivity index (χ1) is 6.58. The van der Waals surface area contributed by atoms with Crippen LogP contribution >= 0.6 is 23.5 Å². The lowest BCUT2D eigenvalue weighted by atomic mass is 10.0. The second-order valence-electron chi connectivity index (χ2n) is 3.74. The summed E-state index contributed by atoms with van der Waals surface area (Å²) in [6.07, 6.45) is 3.27. The molecule has 0 N–H and O–H groups in total. The molecule has 1 heterocycles. The van der Waals surface area contributed by atoms with Crippen molar-refractivity contribution in [1.29, 1.82) is 0 Å². The summed E-state index contributed by atoms with van der Waals surface area (Å²) in [6.45, 7) is 11.1. The molecular weight excluding hydrogens is 212 g/mol. The molecule has 0 radical (unpaired) electrons. The van der Waals surface area contributed by atoms with Crippen molar-refractivity contribution in [2.75, 3.05) is 18.1 Å². The van der Waals surface area contributed by atoms with Crippen LogP contribution in [0.4, 0.5) is 0 Å². The van der Waals surface area contributed by atoms with Crippen molar-refractivity contribution in [3.05, 3.63) is 12.7 Å². The predicted octanol–water partition coefficient (Wildman–Crippen LogP) is 3.55. The molecule has 1 unspecified atom stereocenters. The van der Waals surface area contributed by atoms with Crippen LogP contribution in [-0.2, 0) is 4.74 Å². The van der Waals surface area contributed by atoms with Gasteiger partial charge < -0.3 is 4.74 Å². The number of rotatable bonds is 4. The molecule has 0 amide bonds. The summed E-state index contributed by atoms with van der Waals surface area (Å²) in [4.78, 5) is 0. The highest BCUT2D eigenvalue weighted by atomic mass is 32.2. The number of ether oxygens (including phenoxy) is 1. The molecule has 0 bridgehead atoms. The summed E-state index contributed by atoms with van der Waals surface area (Å²) in [5.74, 6) is 2.47. The summed E-state index contributed by atoms with van der Waals surface area (Å²) in [7, 11) is 0. The van der Waals surface area contributed by atoms with Crippen molar-refractivity contribution in [3.8, 4) is 0 Å². The van der Waals surface area contributed by atoms with E-state index in [1.54, 1.807) is 0 Å². The van der Waals surface area contributed by atoms with Crippen molar-refractivity contribution in [3.63, 3.8) is 0 Å². The minimum atomic E-state index is -0.211. The first kappa shape index (κ1) is 12.5. The summed E-state index contributed by atoms with van der Waals surface area (Å²) >= 11 is 4.01. The van der Waals surface area contributed by atoms with Gasteiger partial charge >= 0.3 is 0 Å². The Labute approximate surface area is 96.1 Å². The van der Waals surface area contributed by atoms with Gasteiger partial charge in [-0.2, -0.15) is 0 Å². The van der Waals surface area contributed by atoms with Gasteiger partial charge in [-0.1, -0.05) is 6.08 Å². The van der Waals surface area contributed by atoms with E-state index in [2.05, 4.69) is 20.4 Å². The van der Waals surface area contributed by atoms with Crippen LogP contribution in [0.2, 0.25) is 0 Å². The third-order valence-corrected chi connectivity index (χ3v) is 6.38. The van der Waals surface area contributed by atoms with Gasteiger partial charge in [-0.3, -0.25) is 0 Å². The van der Waals surface area contributed by atoms with Crippen LogP contribution in [0, 0.1) is 0 Å². The van der Waals surface area contributed by atoms with E-state index in [0.717, 1.165) is 6.61 Å². The highest BCUT2D eigenvalue weighted by Gasteiger charge is 2.45. The maximum atomic E-state index is 5.86. The molecule has 1 saturated heterocycles. The first-order valence-electron chi connectivity index (χ1n) is 5.13. The van der Waals surface area contributed by atoms with Gasteiger partial charge in [0.15, 0.2) is 0 Å². The van der Waals surface area contributed by atoms with E-state index in [0.29, 0.717) is 0 Å². The Balaban J connectivity index is 2.79. The van der Waals surface area contributed by atoms with E-state index in [9.17, 15) is 0 Å². The van der Waals surface area contributed by atoms with Gasteiger partial charge in [0.05, 0.1) is 4.08 Å². The molecule has 0 aromatic carbocycles. The van der Waals surface area contributed by atoms with Crippen LogP contribution in [0.25, 0.3) is 0 Å². The van der Waals surface area contributed by atoms with Crippen LogP contribution in [0.5, 0.6) is 0 Å². The summed E-state index contributed by atoms with van der Waals surface area (Å²) in [5.41, 5.74) is -0.211. The van der Waals surface area contributed by atoms with Crippen LogP contribution in [0.15, 0.2) is 12.7 Å². The zero-order chi connectivity index (χ0) is 10.7. The van der Waals surface area contributed by atoms with Gasteiger partial charge in [0.2, 0.25) is 0 Å². The SMILES string of the molecule is C=CC(C)(OCC)C1(C)SCCCS1. The van der Waals surface area contributed by atoms with Gasteiger partial charge in [-0.05, 0) is 38.7 Å². The monoisotopic (exact) mass is 232 g/mol. The first-order valence-corrected chi connectivity index (χ1v) is 7.10. The van der Waals surface area contributed by atoms with Crippen molar-refractivity contribution in [1.82, 2.24) is 0 Å². The molecule has 1 rings (SSSR count). The van der Waals surface area contributed by atoms with E-state index in [4.69, 9.17) is 4.74 Å². The smallest absolute Gasteiger partial charge is 0.107 e. The van der Waals surface area contributed by atoms with Gasteiger partial charge in [0, 0.05) is 6.61 Å². The molecule has 0 spiro atoms. The maximum Gasteiger partial charge on any atom is 0.107 e. The van der Waals surface area contributed by atoms with Crippen molar-refractivity contribution < 1.29 is 4.74 Å². The molecule has 1 aliphatic rings. The molecule has 1 aliphatic heterocycles. The fourth-order valence-corrected chi connectivity index (χ4v) is 4.83. The maximum absolute atomic E-state index is 5.86. The minimum absolute atomic E-state index is 0.128. The third kappa shape index (κ3) is 2.31. The zero-order valence-electron chi connectivity index (χ0n) is 9.34. The minimum Gasteiger partial charge on any atom is -0.369 e. The fraction of sp³-hybridized carbons (Fsp3) is 0.818. The average Bonchev–Trinajstić information content (AvgIpc) is 2.19. The Morgan fingerprint density at radius 3 is 2.50 bits per heavy atom. The molecular formula is C11H20OS2. The van der Waals surface area contributed by atoms with Crippen LogP contribution < -0.4 is 0 Å². The summed E-state index contributed by atoms with van der Waals surface area (Å²) in [5, 5.41) is 0. The van der Waals surface area contributed by atoms with E-state index >= 15 is 0 Å². The second kappa shape index (κ2) is 4.95. The Kier molecular flexibility index (Phi) is 4.41. The molecule has 14 heavy (non-hydrogen) atoms. The lowest BCUT2D eigenvalue weighted by Crippen LogP contribution is -2.47. The van der Waals surface area contributed by atoms with E-state index in [1.807, 2.05) is 36.5 Å². The number of hydrogen-bond donors (Lipinski definition) is 0. The highest BCUT2D eigenvalue weighted by molar-refractivity contribution is 8.18. The van der Waals surface area contributed by atoms with Crippen LogP contribution in [0.1, 0.15) is 27.2 Å². The highest BCUT2D eigenvalue weighted by Crippen LogP contribution is 2.50. The molecule has 0 aromatic heterocycles. The van der Waals surface area contributed by atoms with E-state index in [-0.39, 0.29) is 9.68 Å². The largest absolute Gasteiger partial charge is 0.369 e. The van der Waals surface area contributed by atoms with Gasteiger partial charge in [-0.25, -0.2) is 0 Å². The zero-order valence-corrected chi connectivity index (χ0v) is 11.0. The van der Waals surface area contributed by atoms with Crippen molar-refractivity contribution in [2.24, 2.45) is 0 Å². The van der Waals surface area contributed by atoms with Crippen molar-refractivity contribution in [2.45, 2.75) is 36.9 Å². The van der Waals surface area contributed by atoms with Gasteiger partial charge in [-0.15, -0.1) is 30.1 Å². The predicted molar refractivity (Wildman–Crippen MR) is 68.2 cm³/mol. The molecule has 82 valence electrons. The number of hydrogen-bond acceptors (Lipinski definition) is 3. The Hall–Kier alpha value is 0.400. The summed E-state index contributed by atoms with van der Waals surface area (Å²) < 4.78 is 5.99. The lowest BCUT2D eigenvalue weighted by molar-refractivity contribution is 0.00838. The Morgan fingerprint density at radius 2 is 2.07 bits per heavy atom. The van der Waals surface area contributed by atoms with Crippen molar-refractivity contribution >= 4 is 23.5 Å². The van der Waals surface area contributed by atoms with Gasteiger partial charge in [0.25, 0.3) is 0 Å². The number of thioether (sulfide) groups is 2. The Bertz CT molecular complexity index is 199. The average molecular weight is 232 g/mol. The standard InChI is InChI=1S/C11H20OS2/c1-5-10(3,12-6-2)11(4)13-8-7-9-14-11/h5H,1,6-9H2,2-4H3. The van der Waals surface area contributed by atoms with Crippen LogP contribution in [0.3, 0.4) is 0 Å². The molecule has 3 heteroatoms. The lowest BCUT2D eigenvalue weighted by Gasteiger charge is -2.45. The van der Waals surface area contributed by atoms with Gasteiger partial charge in [0.1, 0.15) is 5.60 Å². The molecule has 1 fully saturated rings. The summed E-state index contributed by atoms with van der Waals surface area (Å²) in [6, 6.07) is 0. The molecule has 0 aromatic rings. The van der Waals surface area contributed by atoms with E-state index < -0.39 is 0 Å². The normalized spacial score (nSPS) is 25.4. The van der Waals surface area contributed by atoms with E-state index in [1.165, 1.54) is 17.9 Å².